The van der Waals surface area contributed by atoms with Gasteiger partial charge in [-0.25, -0.2) is 0 Å². The van der Waals surface area contributed by atoms with Crippen LogP contribution in [0.4, 0.5) is 28.4 Å². The van der Waals surface area contributed by atoms with E-state index >= 15 is 0 Å². The third-order valence-corrected chi connectivity index (χ3v) is 17.9. The van der Waals surface area contributed by atoms with Crippen LogP contribution in [0.25, 0.3) is 10.1 Å². The van der Waals surface area contributed by atoms with Crippen LogP contribution in [-0.2, 0) is 21.5 Å². The molecule has 4 aliphatic carbocycles. The molecule has 0 unspecified atom stereocenters. The zero-order valence-electron chi connectivity index (χ0n) is 36.8. The lowest BCUT2D eigenvalue weighted by molar-refractivity contribution is -0.00514. The third kappa shape index (κ3) is 4.95. The smallest absolute Gasteiger partial charge is 0.264 e. The first-order valence-electron chi connectivity index (χ1n) is 22.4. The van der Waals surface area contributed by atoms with Crippen molar-refractivity contribution in [3.05, 3.63) is 94.5 Å². The standard InChI is InChI=1S/C49H59B5N2S/c1-26(2)30-18-36-43-37(19-30)54-41-38(21-33(22-39(41)56(43)49(52,53)48(36,50)51)47-23-27-15-28(24-47)17-29(16-27)25-47)55(34-12-9-31(10-13-34)45(3,4)5)42-35-20-32(46(6,7)8)11-14-40(35)57-44(42)54/h9-14,18-22,26-29H,15-17,23-25,50-53H2,1-8H3. The van der Waals surface area contributed by atoms with Crippen molar-refractivity contribution in [2.45, 2.75) is 127 Å². The molecule has 3 aliphatic heterocycles. The number of rotatable bonds is 3. The maximum atomic E-state index is 2.87. The highest BCUT2D eigenvalue weighted by Gasteiger charge is 2.58. The van der Waals surface area contributed by atoms with Gasteiger partial charge in [0, 0.05) is 37.6 Å². The van der Waals surface area contributed by atoms with Crippen molar-refractivity contribution in [3.8, 4) is 0 Å². The van der Waals surface area contributed by atoms with E-state index in [1.165, 1.54) is 109 Å². The summed E-state index contributed by atoms with van der Waals surface area (Å²) in [6, 6.07) is 27.9. The van der Waals surface area contributed by atoms with Crippen LogP contribution in [0.1, 0.15) is 128 Å². The van der Waals surface area contributed by atoms with Gasteiger partial charge in [-0.3, -0.25) is 0 Å². The Labute approximate surface area is 350 Å². The Morgan fingerprint density at radius 1 is 0.719 bits per heavy atom. The second-order valence-electron chi connectivity index (χ2n) is 23.1. The summed E-state index contributed by atoms with van der Waals surface area (Å²) < 4.78 is 2.91. The van der Waals surface area contributed by atoms with E-state index in [9.17, 15) is 0 Å². The molecule has 4 fully saturated rings. The summed E-state index contributed by atoms with van der Waals surface area (Å²) in [5.74, 6) is 3.13. The molecule has 286 valence electrons. The summed E-state index contributed by atoms with van der Waals surface area (Å²) in [7, 11) is 10.2. The normalized spacial score (nSPS) is 26.0. The molecule has 1 aromatic heterocycles. The summed E-state index contributed by atoms with van der Waals surface area (Å²) in [6.45, 7) is 19.1. The number of hydrogen-bond acceptors (Lipinski definition) is 3. The molecular formula is C49H59B5N2S. The van der Waals surface area contributed by atoms with Crippen molar-refractivity contribution in [3.63, 3.8) is 0 Å². The molecule has 4 heterocycles. The fourth-order valence-corrected chi connectivity index (χ4v) is 14.6. The zero-order valence-corrected chi connectivity index (χ0v) is 37.6. The fraction of sp³-hybridized carbons (Fsp3) is 0.469. The Morgan fingerprint density at radius 2 is 1.32 bits per heavy atom. The summed E-state index contributed by atoms with van der Waals surface area (Å²) in [6.07, 6.45) is 8.51. The van der Waals surface area contributed by atoms with Gasteiger partial charge < -0.3 is 9.80 Å². The maximum Gasteiger partial charge on any atom is 0.264 e. The zero-order chi connectivity index (χ0) is 39.9. The molecule has 0 radical (unpaired) electrons. The van der Waals surface area contributed by atoms with Crippen LogP contribution in [0.2, 0.25) is 0 Å². The number of hydrogen-bond donors (Lipinski definition) is 0. The summed E-state index contributed by atoms with van der Waals surface area (Å²) in [5.41, 5.74) is 18.1. The average molecular weight is 762 g/mol. The lowest BCUT2D eigenvalue weighted by Gasteiger charge is -2.57. The highest BCUT2D eigenvalue weighted by Crippen LogP contribution is 2.62. The predicted molar refractivity (Wildman–Crippen MR) is 260 cm³/mol. The quantitative estimate of drug-likeness (QED) is 0.176. The first kappa shape index (κ1) is 36.8. The first-order chi connectivity index (χ1) is 26.8. The van der Waals surface area contributed by atoms with Crippen molar-refractivity contribution >= 4 is 104 Å². The van der Waals surface area contributed by atoms with Crippen LogP contribution < -0.4 is 25.5 Å². The largest absolute Gasteiger partial charge is 0.353 e. The van der Waals surface area contributed by atoms with Crippen LogP contribution in [0, 0.1) is 17.8 Å². The van der Waals surface area contributed by atoms with Crippen LogP contribution in [0.5, 0.6) is 0 Å². The van der Waals surface area contributed by atoms with Crippen LogP contribution in [0.15, 0.2) is 66.7 Å². The number of nitrogens with zero attached hydrogens (tertiary/aromatic N) is 2. The molecule has 8 heteroatoms. The van der Waals surface area contributed by atoms with Gasteiger partial charge in [-0.05, 0) is 159 Å². The molecule has 0 spiro atoms. The van der Waals surface area contributed by atoms with E-state index < -0.39 is 0 Å². The van der Waals surface area contributed by atoms with E-state index in [1.807, 2.05) is 0 Å². The molecular weight excluding hydrogens is 703 g/mol. The minimum atomic E-state index is -0.111. The molecule has 2 nitrogen and oxygen atoms in total. The van der Waals surface area contributed by atoms with Crippen molar-refractivity contribution < 1.29 is 0 Å². The van der Waals surface area contributed by atoms with Gasteiger partial charge in [0.05, 0.1) is 5.69 Å². The molecule has 0 saturated heterocycles. The Morgan fingerprint density at radius 3 is 1.91 bits per heavy atom. The number of benzene rings is 4. The fourth-order valence-electron chi connectivity index (χ4n) is 13.3. The average Bonchev–Trinajstić information content (AvgIpc) is 3.58. The van der Waals surface area contributed by atoms with Crippen LogP contribution in [0.3, 0.4) is 0 Å². The Balaban J connectivity index is 1.27. The number of thiophene rings is 1. The van der Waals surface area contributed by atoms with E-state index in [4.69, 9.17) is 0 Å². The minimum Gasteiger partial charge on any atom is -0.353 e. The third-order valence-electron chi connectivity index (χ3n) is 16.7. The van der Waals surface area contributed by atoms with Gasteiger partial charge in [-0.2, -0.15) is 0 Å². The second-order valence-corrected chi connectivity index (χ2v) is 24.2. The van der Waals surface area contributed by atoms with Gasteiger partial charge >= 0.3 is 0 Å². The van der Waals surface area contributed by atoms with Gasteiger partial charge in [0.25, 0.3) is 6.71 Å². The number of anilines is 5. The molecule has 7 aliphatic rings. The topological polar surface area (TPSA) is 6.48 Å². The van der Waals surface area contributed by atoms with Gasteiger partial charge in [0.2, 0.25) is 0 Å². The van der Waals surface area contributed by atoms with Gasteiger partial charge in [-0.1, -0.05) is 90.9 Å². The van der Waals surface area contributed by atoms with Gasteiger partial charge in [0.15, 0.2) is 0 Å². The highest BCUT2D eigenvalue weighted by molar-refractivity contribution is 7.33. The Kier molecular flexibility index (Phi) is 7.44. The lowest BCUT2D eigenvalue weighted by Crippen LogP contribution is -2.65. The van der Waals surface area contributed by atoms with Crippen LogP contribution in [-0.4, -0.2) is 43.4 Å². The van der Waals surface area contributed by atoms with Gasteiger partial charge in [-0.15, -0.1) is 11.3 Å². The maximum absolute atomic E-state index is 2.87. The molecule has 0 N–H and O–H groups in total. The van der Waals surface area contributed by atoms with E-state index in [1.54, 1.807) is 11.1 Å². The molecule has 4 bridgehead atoms. The van der Waals surface area contributed by atoms with Crippen LogP contribution >= 0.6 is 11.3 Å². The summed E-state index contributed by atoms with van der Waals surface area (Å²) in [5, 5.41) is 1.26. The van der Waals surface area contributed by atoms with Crippen molar-refractivity contribution in [1.82, 2.24) is 0 Å². The summed E-state index contributed by atoms with van der Waals surface area (Å²) >= 11 is 2.06. The van der Waals surface area contributed by atoms with Crippen molar-refractivity contribution in [2.24, 2.45) is 17.8 Å². The minimum absolute atomic E-state index is 0.0356. The lowest BCUT2D eigenvalue weighted by atomic mass is 9.33. The Bertz CT molecular complexity index is 2500. The van der Waals surface area contributed by atoms with E-state index in [2.05, 4.69) is 175 Å². The molecule has 4 aromatic carbocycles. The molecule has 5 aromatic rings. The van der Waals surface area contributed by atoms with Crippen molar-refractivity contribution in [2.75, 3.05) is 9.80 Å². The first-order valence-corrected chi connectivity index (χ1v) is 23.2. The monoisotopic (exact) mass is 762 g/mol. The van der Waals surface area contributed by atoms with E-state index in [0.29, 0.717) is 5.92 Å². The van der Waals surface area contributed by atoms with E-state index in [-0.39, 0.29) is 33.5 Å². The molecule has 0 amide bonds. The van der Waals surface area contributed by atoms with Gasteiger partial charge in [0.1, 0.15) is 31.4 Å². The summed E-state index contributed by atoms with van der Waals surface area (Å²) in [4.78, 5) is 5.64. The Hall–Kier alpha value is -3.24. The highest BCUT2D eigenvalue weighted by atomic mass is 32.1. The second kappa shape index (κ2) is 11.5. The molecule has 0 atom stereocenters. The molecule has 57 heavy (non-hydrogen) atoms. The molecule has 12 rings (SSSR count). The number of fused-ring (bicyclic) bond motifs is 6. The predicted octanol–water partition coefficient (Wildman–Crippen LogP) is 7.19. The van der Waals surface area contributed by atoms with E-state index in [0.717, 1.165) is 17.8 Å². The van der Waals surface area contributed by atoms with Crippen molar-refractivity contribution in [1.29, 1.82) is 0 Å². The SMILES string of the molecule is BC1(B)c2cc(C(C)C)cc3c2N(c2cc(C45CC6CC(CC(C6)C4)C5)cc4c2B3c2sc3ccc(C(C)(C)C)cc3c2N4c2ccc(C(C)(C)C)cc2)C1(B)B. The molecule has 4 saturated carbocycles.